The fourth-order valence-electron chi connectivity index (χ4n) is 29.1. The Morgan fingerprint density at radius 3 is 0.577 bits per heavy atom. The maximum absolute atomic E-state index is 13.1. The molecule has 0 spiro atoms. The van der Waals surface area contributed by atoms with E-state index in [1.165, 1.54) is 96.3 Å². The van der Waals surface area contributed by atoms with Gasteiger partial charge in [0.25, 0.3) is 20.0 Å². The summed E-state index contributed by atoms with van der Waals surface area (Å²) in [6.45, 7) is 11.6. The van der Waals surface area contributed by atoms with Crippen LogP contribution in [0.3, 0.4) is 0 Å². The summed E-state index contributed by atoms with van der Waals surface area (Å²) in [6.07, 6.45) is 67.9. The van der Waals surface area contributed by atoms with Crippen LogP contribution in [0.1, 0.15) is 431 Å². The van der Waals surface area contributed by atoms with Gasteiger partial charge in [0.1, 0.15) is 0 Å². The second-order valence-corrected chi connectivity index (χ2v) is 99.6. The second-order valence-electron chi connectivity index (χ2n) is 46.5. The lowest BCUT2D eigenvalue weighted by Crippen LogP contribution is -2.86. The number of esters is 2. The lowest BCUT2D eigenvalue weighted by atomic mass is 10.0. The Balaban J connectivity index is 0.000000164. The van der Waals surface area contributed by atoms with Gasteiger partial charge in [-0.3, -0.25) is 0 Å². The van der Waals surface area contributed by atoms with Crippen molar-refractivity contribution in [3.05, 3.63) is 24.3 Å². The van der Waals surface area contributed by atoms with Crippen LogP contribution in [0.15, 0.2) is 24.3 Å². The minimum absolute atomic E-state index is 0.000604. The van der Waals surface area contributed by atoms with Gasteiger partial charge in [-0.2, -0.15) is 0 Å². The zero-order valence-corrected chi connectivity index (χ0v) is 103. The molecule has 22 aliphatic rings. The fourth-order valence-corrected chi connectivity index (χ4v) is 136. The number of hydrogen-bond acceptors (Lipinski definition) is 28. The molecule has 137 heavy (non-hydrogen) atoms. The Morgan fingerprint density at radius 2 is 0.387 bits per heavy atom. The molecule has 0 aromatic rings. The van der Waals surface area contributed by atoms with Gasteiger partial charge in [-0.05, 0) is 192 Å². The second kappa shape index (κ2) is 45.0. The molecule has 46 heteroatoms. The predicted octanol–water partition coefficient (Wildman–Crippen LogP) is 21.6. The third-order valence-electron chi connectivity index (χ3n) is 36.7. The first-order valence-electron chi connectivity index (χ1n) is 56.8. The van der Waals surface area contributed by atoms with Crippen molar-refractivity contribution in [3.63, 3.8) is 0 Å². The standard InChI is InChI=1S/C49H92O14Si9.C42H78O14Si9/c1-41(2)49(50)51-39-24-40-66(52-64-42-25-10-3-11-26-42)55-69(45-31-16-6-17-32-45)57-67(43-27-12-4-13-28-43)53-65-54-68(44-29-14-5-15-30-44)58-70(56-66,46-33-18-7-19-34-46)62-72(61-69,48-37-22-9-23-38-48)63-71(59-67,60-68)47-35-20-8-21-36-47;1-34(2)42(43)44-32-17-33-59(45-57-35-18-3-4-19-35)48-62(38-24-9-10-25-38)50-60(36-20-5-6-21-36)46-58-47-61(37-22-7-8-23-37)51-63(49-59,39-26-11-12-27-39)55-65(54-62,41-30-15-16-31-41)56-64(52-60,53-61)40-28-13-14-29-40/h42-48H,1,3-40,64-65H2,2H3;35-41H,1,3-33,57-58H2,2H3. The summed E-state index contributed by atoms with van der Waals surface area (Å²) in [6, 6.07) is 0.874. The fraction of sp³-hybridized carbons (Fsp3) is 0.934. The number of fused-ring (bicyclic) bond motifs is 8. The molecular formula is C91H170O28Si18. The summed E-state index contributed by atoms with van der Waals surface area (Å²) in [5, 5.41) is 0. The largest absolute Gasteiger partial charge is 0.482 e. The molecule has 0 radical (unpaired) electrons. The zero-order valence-electron chi connectivity index (χ0n) is 83.5. The van der Waals surface area contributed by atoms with Crippen molar-refractivity contribution in [1.82, 2.24) is 0 Å². The minimum atomic E-state index is -4.13. The quantitative estimate of drug-likeness (QED) is 0.0305. The van der Waals surface area contributed by atoms with Gasteiger partial charge < -0.3 is 108 Å². The van der Waals surface area contributed by atoms with Crippen LogP contribution in [0.4, 0.5) is 0 Å². The summed E-state index contributed by atoms with van der Waals surface area (Å²) in [7, 11) is -61.6. The molecule has 14 aliphatic carbocycles. The van der Waals surface area contributed by atoms with Crippen molar-refractivity contribution < 1.29 is 118 Å². The molecule has 0 aromatic carbocycles. The van der Waals surface area contributed by atoms with Crippen LogP contribution >= 0.6 is 0 Å². The topological polar surface area (TPSA) is 274 Å². The molecule has 14 saturated carbocycles. The van der Waals surface area contributed by atoms with Crippen molar-refractivity contribution in [2.24, 2.45) is 0 Å². The van der Waals surface area contributed by atoms with Gasteiger partial charge in [0.2, 0.25) is 0 Å². The molecule has 774 valence electrons. The highest BCUT2D eigenvalue weighted by Gasteiger charge is 2.87. The van der Waals surface area contributed by atoms with E-state index < -0.39 is 163 Å². The lowest BCUT2D eigenvalue weighted by molar-refractivity contribution is -0.139. The van der Waals surface area contributed by atoms with Crippen molar-refractivity contribution in [3.8, 4) is 0 Å². The average Bonchev–Trinajstić information content (AvgIpc) is 1.27. The van der Waals surface area contributed by atoms with Crippen molar-refractivity contribution in [2.45, 2.75) is 521 Å². The van der Waals surface area contributed by atoms with Gasteiger partial charge in [-0.1, -0.05) is 264 Å². The molecule has 12 bridgehead atoms. The number of hydrogen-bond donors (Lipinski definition) is 0. The highest BCUT2D eigenvalue weighted by atomic mass is 28.6. The summed E-state index contributed by atoms with van der Waals surface area (Å²) in [4.78, 5) is 26.0. The highest BCUT2D eigenvalue weighted by molar-refractivity contribution is 7.03. The van der Waals surface area contributed by atoms with Gasteiger partial charge in [0.15, 0.2) is 19.5 Å². The Hall–Kier alpha value is 1.36. The van der Waals surface area contributed by atoms with Crippen molar-refractivity contribution in [2.75, 3.05) is 13.2 Å². The van der Waals surface area contributed by atoms with Crippen LogP contribution in [0.2, 0.25) is 89.7 Å². The minimum Gasteiger partial charge on any atom is -0.462 e. The average molecular weight is 2220 g/mol. The molecule has 8 saturated heterocycles. The molecule has 8 atom stereocenters. The molecule has 0 amide bonds. The van der Waals surface area contributed by atoms with Gasteiger partial charge in [-0.25, -0.2) is 9.59 Å². The van der Waals surface area contributed by atoms with Gasteiger partial charge in [-0.15, -0.1) is 0 Å². The number of carbonyl (C=O) groups excluding carboxylic acids is 2. The van der Waals surface area contributed by atoms with Crippen LogP contribution in [-0.4, -0.2) is 188 Å². The number of carbonyl (C=O) groups is 2. The van der Waals surface area contributed by atoms with Crippen molar-refractivity contribution >= 4 is 175 Å². The molecule has 8 aliphatic heterocycles. The lowest BCUT2D eigenvalue weighted by Gasteiger charge is -2.64. The first-order valence-corrected chi connectivity index (χ1v) is 87.4. The molecule has 8 unspecified atom stereocenters. The summed E-state index contributed by atoms with van der Waals surface area (Å²) in [5.41, 5.74) is 2.05. The van der Waals surface area contributed by atoms with E-state index in [2.05, 4.69) is 13.2 Å². The third kappa shape index (κ3) is 22.0. The van der Waals surface area contributed by atoms with Gasteiger partial charge >= 0.3 is 135 Å². The number of rotatable bonds is 28. The normalized spacial score (nSPS) is 42.5. The molecule has 0 N–H and O–H groups in total. The molecule has 0 aromatic heterocycles. The Kier molecular flexibility index (Phi) is 34.2. The van der Waals surface area contributed by atoms with Crippen LogP contribution < -0.4 is 0 Å². The Morgan fingerprint density at radius 1 is 0.234 bits per heavy atom. The molecule has 22 rings (SSSR count). The van der Waals surface area contributed by atoms with Gasteiger partial charge in [0, 0.05) is 89.7 Å². The summed E-state index contributed by atoms with van der Waals surface area (Å²) in [5.74, 6) is -0.767. The summed E-state index contributed by atoms with van der Waals surface area (Å²) >= 11 is 0. The Labute approximate surface area is 844 Å². The van der Waals surface area contributed by atoms with E-state index in [0.717, 1.165) is 308 Å². The van der Waals surface area contributed by atoms with Crippen LogP contribution in [-0.2, 0) is 118 Å². The number of ether oxygens (including phenoxy) is 2. The molecular weight excluding hydrogens is 2050 g/mol. The van der Waals surface area contributed by atoms with Gasteiger partial charge in [0.05, 0.1) is 13.2 Å². The first-order chi connectivity index (χ1) is 66.7. The third-order valence-corrected chi connectivity index (χ3v) is 115. The van der Waals surface area contributed by atoms with Crippen molar-refractivity contribution in [1.29, 1.82) is 0 Å². The smallest absolute Gasteiger partial charge is 0.462 e. The first kappa shape index (κ1) is 104. The van der Waals surface area contributed by atoms with E-state index in [-0.39, 0.29) is 91.6 Å². The van der Waals surface area contributed by atoms with E-state index in [9.17, 15) is 9.59 Å². The monoisotopic (exact) mass is 2210 g/mol. The van der Waals surface area contributed by atoms with E-state index >= 15 is 0 Å². The Bertz CT molecular complexity index is 3880. The SMILES string of the molecule is C=C(C)C(=O)OCCC[Si]1(O[SiH2]C2CCCC2)O[Si]2(C3CCCC3)O[Si]3(C4CCCC4)O[SiH2]O[Si]4(C5CCCC5)O[Si](C5CCCC5)(O1)O[Si](C1CCCC1)(O2)O[Si](C1CCCC1)(O3)O4.C=C(C)C(=O)OCCC[Si]1(O[SiH2]C2CCCCC2)O[Si]2(C3CCCCC3)O[Si]3(C4CCCCC4)O[SiH2]O[Si]4(C5CCCCC5)O[Si](C5CCCCC5)(O1)O[Si](C1CCCCC1)(O2)O[Si](C1CCCCC1)(O3)O4. The van der Waals surface area contributed by atoms with E-state index in [0.29, 0.717) is 47.2 Å². The maximum atomic E-state index is 13.1. The summed E-state index contributed by atoms with van der Waals surface area (Å²) < 4.78 is 211. The predicted molar refractivity (Wildman–Crippen MR) is 555 cm³/mol. The highest BCUT2D eigenvalue weighted by Crippen LogP contribution is 2.67. The van der Waals surface area contributed by atoms with E-state index in [4.69, 9.17) is 108 Å². The zero-order chi connectivity index (χ0) is 93.4. The van der Waals surface area contributed by atoms with E-state index in [1.54, 1.807) is 13.8 Å². The van der Waals surface area contributed by atoms with Crippen LogP contribution in [0.5, 0.6) is 0 Å². The van der Waals surface area contributed by atoms with Crippen LogP contribution in [0, 0.1) is 0 Å². The molecule has 28 nitrogen and oxygen atoms in total. The molecule has 8 heterocycles. The van der Waals surface area contributed by atoms with Crippen LogP contribution in [0.25, 0.3) is 0 Å². The molecule has 22 fully saturated rings. The van der Waals surface area contributed by atoms with E-state index in [1.807, 2.05) is 0 Å². The maximum Gasteiger partial charge on any atom is 0.482 e.